The first-order valence-corrected chi connectivity index (χ1v) is 8.83. The molecule has 0 amide bonds. The molecule has 0 aliphatic rings. The normalized spacial score (nSPS) is 12.2. The van der Waals surface area contributed by atoms with Crippen LogP contribution in [0, 0.1) is 0 Å². The minimum absolute atomic E-state index is 0.169. The fraction of sp³-hybridized carbons (Fsp3) is 0.130. The Morgan fingerprint density at radius 2 is 1.59 bits per heavy atom. The summed E-state index contributed by atoms with van der Waals surface area (Å²) in [5.41, 5.74) is 1.72. The molecule has 0 saturated carbocycles. The van der Waals surface area contributed by atoms with E-state index in [0.717, 1.165) is 11.1 Å². The quantitative estimate of drug-likeness (QED) is 0.502. The zero-order chi connectivity index (χ0) is 19.1. The predicted octanol–water partition coefficient (Wildman–Crippen LogP) is 2.39. The molecule has 2 aromatic carbocycles. The molecule has 1 aromatic heterocycles. The Bertz CT molecular complexity index is 1080. The molecule has 4 heteroatoms. The van der Waals surface area contributed by atoms with Crippen LogP contribution in [0.1, 0.15) is 17.5 Å². The molecule has 4 nitrogen and oxygen atoms in total. The van der Waals surface area contributed by atoms with Crippen LogP contribution in [0.4, 0.5) is 0 Å². The summed E-state index contributed by atoms with van der Waals surface area (Å²) in [6, 6.07) is 19.5. The van der Waals surface area contributed by atoms with Crippen LogP contribution in [-0.4, -0.2) is 16.2 Å². The molecule has 0 bridgehead atoms. The summed E-state index contributed by atoms with van der Waals surface area (Å²) in [5.74, 6) is 0.435. The van der Waals surface area contributed by atoms with Crippen LogP contribution in [0.25, 0.3) is 12.2 Å². The summed E-state index contributed by atoms with van der Waals surface area (Å²) in [5, 5.41) is 0.989. The molecule has 0 spiro atoms. The zero-order valence-corrected chi connectivity index (χ0v) is 15.3. The topological polar surface area (TPSA) is 44.1 Å². The van der Waals surface area contributed by atoms with Gasteiger partial charge in [-0.15, -0.1) is 6.58 Å². The summed E-state index contributed by atoms with van der Waals surface area (Å²) in [4.78, 5) is 17.4. The second kappa shape index (κ2) is 8.81. The first-order chi connectivity index (χ1) is 13.2. The van der Waals surface area contributed by atoms with E-state index >= 15 is 0 Å². The molecule has 0 fully saturated rings. The number of hydrogen-bond donors (Lipinski definition) is 0. The van der Waals surface area contributed by atoms with E-state index in [1.165, 1.54) is 0 Å². The Morgan fingerprint density at radius 3 is 2.19 bits per heavy atom. The molecule has 0 aliphatic heterocycles. The highest BCUT2D eigenvalue weighted by Gasteiger charge is 2.07. The lowest BCUT2D eigenvalue weighted by Gasteiger charge is -2.08. The van der Waals surface area contributed by atoms with Crippen molar-refractivity contribution in [3.8, 4) is 5.88 Å². The van der Waals surface area contributed by atoms with Gasteiger partial charge in [-0.1, -0.05) is 66.7 Å². The smallest absolute Gasteiger partial charge is 0.276 e. The summed E-state index contributed by atoms with van der Waals surface area (Å²) < 4.78 is 7.45. The monoisotopic (exact) mass is 358 g/mol. The van der Waals surface area contributed by atoms with Crippen molar-refractivity contribution in [1.29, 1.82) is 0 Å². The molecular formula is C23H22N2O2. The molecule has 0 atom stereocenters. The summed E-state index contributed by atoms with van der Waals surface area (Å²) in [7, 11) is 1.74. The maximum absolute atomic E-state index is 12.8. The number of rotatable bonds is 6. The van der Waals surface area contributed by atoms with Crippen LogP contribution < -0.4 is 21.0 Å². The highest BCUT2D eigenvalue weighted by Crippen LogP contribution is 2.02. The predicted molar refractivity (Wildman–Crippen MR) is 109 cm³/mol. The Kier molecular flexibility index (Phi) is 6.00. The van der Waals surface area contributed by atoms with Gasteiger partial charge in [0.1, 0.15) is 10.7 Å². The van der Waals surface area contributed by atoms with Crippen molar-refractivity contribution in [1.82, 2.24) is 9.55 Å². The van der Waals surface area contributed by atoms with E-state index in [1.807, 2.05) is 66.7 Å². The third kappa shape index (κ3) is 4.61. The van der Waals surface area contributed by atoms with Crippen LogP contribution in [0.5, 0.6) is 5.88 Å². The first kappa shape index (κ1) is 18.4. The second-order valence-electron chi connectivity index (χ2n) is 6.09. The van der Waals surface area contributed by atoms with Gasteiger partial charge in [0.15, 0.2) is 0 Å². The van der Waals surface area contributed by atoms with Gasteiger partial charge in [0, 0.05) is 7.05 Å². The fourth-order valence-electron chi connectivity index (χ4n) is 2.65. The highest BCUT2D eigenvalue weighted by atomic mass is 16.5. The van der Waals surface area contributed by atoms with E-state index < -0.39 is 0 Å². The Hall–Kier alpha value is -3.40. The summed E-state index contributed by atoms with van der Waals surface area (Å²) >= 11 is 0. The molecule has 1 heterocycles. The molecule has 0 radical (unpaired) electrons. The van der Waals surface area contributed by atoms with Crippen LogP contribution in [0.2, 0.25) is 0 Å². The maximum Gasteiger partial charge on any atom is 0.276 e. The molecule has 0 saturated heterocycles. The molecular weight excluding hydrogens is 336 g/mol. The van der Waals surface area contributed by atoms with Crippen molar-refractivity contribution in [2.45, 2.75) is 6.42 Å². The van der Waals surface area contributed by atoms with Gasteiger partial charge in [0.25, 0.3) is 5.56 Å². The molecule has 3 aromatic rings. The Morgan fingerprint density at radius 1 is 1.00 bits per heavy atom. The van der Waals surface area contributed by atoms with Gasteiger partial charge >= 0.3 is 0 Å². The maximum atomic E-state index is 12.8. The lowest BCUT2D eigenvalue weighted by molar-refractivity contribution is 0.304. The van der Waals surface area contributed by atoms with E-state index in [0.29, 0.717) is 29.6 Å². The SMILES string of the molecule is C=CCCOc1nc(=Cc2ccccc2)c(=O)n(C)c1=Cc1ccccc1. The lowest BCUT2D eigenvalue weighted by Crippen LogP contribution is -2.44. The fourth-order valence-corrected chi connectivity index (χ4v) is 2.65. The first-order valence-electron chi connectivity index (χ1n) is 8.83. The second-order valence-corrected chi connectivity index (χ2v) is 6.09. The highest BCUT2D eigenvalue weighted by molar-refractivity contribution is 5.51. The van der Waals surface area contributed by atoms with E-state index in [-0.39, 0.29) is 5.56 Å². The lowest BCUT2D eigenvalue weighted by atomic mass is 10.2. The number of aromatic nitrogens is 2. The van der Waals surface area contributed by atoms with E-state index in [9.17, 15) is 4.79 Å². The third-order valence-corrected chi connectivity index (χ3v) is 4.09. The standard InChI is InChI=1S/C23H22N2O2/c1-3-4-15-27-22-21(17-19-13-9-6-10-14-19)25(2)23(26)20(24-22)16-18-11-7-5-8-12-18/h3,5-14,16-17H,1,4,15H2,2H3. The van der Waals surface area contributed by atoms with Gasteiger partial charge in [0.2, 0.25) is 5.88 Å². The number of ether oxygens (including phenoxy) is 1. The Labute approximate surface area is 158 Å². The van der Waals surface area contributed by atoms with Gasteiger partial charge in [-0.2, -0.15) is 0 Å². The minimum Gasteiger partial charge on any atom is -0.476 e. The molecule has 27 heavy (non-hydrogen) atoms. The molecule has 0 aliphatic carbocycles. The van der Waals surface area contributed by atoms with Crippen LogP contribution in [0.3, 0.4) is 0 Å². The van der Waals surface area contributed by atoms with Gasteiger partial charge < -0.3 is 9.30 Å². The van der Waals surface area contributed by atoms with E-state index in [1.54, 1.807) is 23.8 Å². The van der Waals surface area contributed by atoms with Crippen LogP contribution in [0.15, 0.2) is 78.1 Å². The Balaban J connectivity index is 2.20. The number of nitrogens with zero attached hydrogens (tertiary/aromatic N) is 2. The van der Waals surface area contributed by atoms with Crippen molar-refractivity contribution in [2.24, 2.45) is 7.05 Å². The molecule has 136 valence electrons. The minimum atomic E-state index is -0.169. The van der Waals surface area contributed by atoms with Crippen molar-refractivity contribution >= 4 is 12.2 Å². The molecule has 0 unspecified atom stereocenters. The molecule has 3 rings (SSSR count). The van der Waals surface area contributed by atoms with Crippen LogP contribution >= 0.6 is 0 Å². The molecule has 0 N–H and O–H groups in total. The largest absolute Gasteiger partial charge is 0.476 e. The number of benzene rings is 2. The third-order valence-electron chi connectivity index (χ3n) is 4.09. The van der Waals surface area contributed by atoms with Crippen molar-refractivity contribution in [3.63, 3.8) is 0 Å². The van der Waals surface area contributed by atoms with Gasteiger partial charge in [0.05, 0.1) is 6.61 Å². The average molecular weight is 358 g/mol. The van der Waals surface area contributed by atoms with Gasteiger partial charge in [-0.3, -0.25) is 4.79 Å². The average Bonchev–Trinajstić information content (AvgIpc) is 2.70. The van der Waals surface area contributed by atoms with E-state index in [2.05, 4.69) is 11.6 Å². The van der Waals surface area contributed by atoms with Crippen LogP contribution in [-0.2, 0) is 7.05 Å². The van der Waals surface area contributed by atoms with Crippen molar-refractivity contribution in [3.05, 3.63) is 105 Å². The van der Waals surface area contributed by atoms with Crippen molar-refractivity contribution in [2.75, 3.05) is 6.61 Å². The van der Waals surface area contributed by atoms with Crippen molar-refractivity contribution < 1.29 is 4.74 Å². The summed E-state index contributed by atoms with van der Waals surface area (Å²) in [6.45, 7) is 4.17. The summed E-state index contributed by atoms with van der Waals surface area (Å²) in [6.07, 6.45) is 6.17. The van der Waals surface area contributed by atoms with Gasteiger partial charge in [-0.25, -0.2) is 4.98 Å². The number of hydrogen-bond acceptors (Lipinski definition) is 3. The zero-order valence-electron chi connectivity index (χ0n) is 15.3. The van der Waals surface area contributed by atoms with E-state index in [4.69, 9.17) is 4.74 Å². The van der Waals surface area contributed by atoms with Gasteiger partial charge in [-0.05, 0) is 29.7 Å².